The lowest BCUT2D eigenvalue weighted by atomic mass is 10.0. The van der Waals surface area contributed by atoms with Gasteiger partial charge in [-0.3, -0.25) is 0 Å². The average molecular weight is 769 g/mol. The number of hydrogen-bond donors (Lipinski definition) is 0. The standard InChI is InChI=1S/C40H68Br2N2O2/c1-3-5-7-9-11-13-15-17-19-21-23-25-27-29-31-45-39-35(41)33-38-37(43-39)34-36(42)40(44-38)46-32-30-28-26-24-22-20-18-16-14-12-10-8-6-4-2/h33-34H,3-32H2,1-2H3. The molecule has 0 radical (unpaired) electrons. The summed E-state index contributed by atoms with van der Waals surface area (Å²) in [6.07, 6.45) is 38.1. The molecular formula is C40H68Br2N2O2. The first kappa shape index (κ1) is 41.3. The molecule has 0 N–H and O–H groups in total. The Kier molecular flexibility index (Phi) is 26.1. The van der Waals surface area contributed by atoms with Gasteiger partial charge in [-0.05, 0) is 56.8 Å². The summed E-state index contributed by atoms with van der Waals surface area (Å²) in [5, 5.41) is 0. The third kappa shape index (κ3) is 20.5. The van der Waals surface area contributed by atoms with Gasteiger partial charge in [0.1, 0.15) is 0 Å². The first-order valence-electron chi connectivity index (χ1n) is 19.6. The maximum Gasteiger partial charge on any atom is 0.228 e. The fourth-order valence-electron chi connectivity index (χ4n) is 6.15. The molecule has 2 heterocycles. The fraction of sp³-hybridized carbons (Fsp3) is 0.800. The Labute approximate surface area is 300 Å². The van der Waals surface area contributed by atoms with Gasteiger partial charge in [-0.25, -0.2) is 9.97 Å². The Bertz CT molecular complexity index is 924. The summed E-state index contributed by atoms with van der Waals surface area (Å²) in [6.45, 7) is 5.97. The highest BCUT2D eigenvalue weighted by atomic mass is 79.9. The van der Waals surface area contributed by atoms with E-state index in [1.54, 1.807) is 0 Å². The van der Waals surface area contributed by atoms with Crippen LogP contribution >= 0.6 is 31.9 Å². The van der Waals surface area contributed by atoms with Gasteiger partial charge in [0.05, 0.1) is 33.2 Å². The number of unbranched alkanes of at least 4 members (excludes halogenated alkanes) is 26. The molecule has 0 aliphatic rings. The Morgan fingerprint density at radius 2 is 0.630 bits per heavy atom. The van der Waals surface area contributed by atoms with E-state index in [9.17, 15) is 0 Å². The van der Waals surface area contributed by atoms with Gasteiger partial charge in [0, 0.05) is 0 Å². The van der Waals surface area contributed by atoms with Crippen molar-refractivity contribution in [2.45, 2.75) is 194 Å². The van der Waals surface area contributed by atoms with Gasteiger partial charge in [0.15, 0.2) is 0 Å². The Morgan fingerprint density at radius 1 is 0.391 bits per heavy atom. The molecular weight excluding hydrogens is 700 g/mol. The molecule has 0 aliphatic carbocycles. The van der Waals surface area contributed by atoms with Crippen LogP contribution < -0.4 is 9.47 Å². The summed E-state index contributed by atoms with van der Waals surface area (Å²) >= 11 is 7.30. The minimum atomic E-state index is 0.645. The number of halogens is 2. The van der Waals surface area contributed by atoms with Crippen LogP contribution in [0.2, 0.25) is 0 Å². The SMILES string of the molecule is CCCCCCCCCCCCCCCCOc1nc2cc(Br)c(OCCCCCCCCCCCCCCCC)nc2cc1Br. The van der Waals surface area contributed by atoms with Crippen LogP contribution in [0.25, 0.3) is 11.0 Å². The molecule has 46 heavy (non-hydrogen) atoms. The van der Waals surface area contributed by atoms with Crippen LogP contribution in [0.1, 0.15) is 194 Å². The molecule has 4 nitrogen and oxygen atoms in total. The van der Waals surface area contributed by atoms with Gasteiger partial charge in [-0.2, -0.15) is 0 Å². The monoisotopic (exact) mass is 766 g/mol. The number of aromatic nitrogens is 2. The lowest BCUT2D eigenvalue weighted by Crippen LogP contribution is -2.02. The molecule has 264 valence electrons. The molecule has 2 aromatic rings. The largest absolute Gasteiger partial charge is 0.477 e. The second-order valence-electron chi connectivity index (χ2n) is 13.5. The number of rotatable bonds is 32. The highest BCUT2D eigenvalue weighted by Gasteiger charge is 2.12. The fourth-order valence-corrected chi connectivity index (χ4v) is 6.99. The van der Waals surface area contributed by atoms with Crippen LogP contribution in [0.4, 0.5) is 0 Å². The smallest absolute Gasteiger partial charge is 0.228 e. The van der Waals surface area contributed by atoms with Crippen LogP contribution in [0.5, 0.6) is 11.8 Å². The molecule has 0 atom stereocenters. The third-order valence-corrected chi connectivity index (χ3v) is 10.3. The minimum absolute atomic E-state index is 0.645. The van der Waals surface area contributed by atoms with Crippen molar-refractivity contribution in [2.24, 2.45) is 0 Å². The van der Waals surface area contributed by atoms with E-state index in [2.05, 4.69) is 45.7 Å². The third-order valence-electron chi connectivity index (χ3n) is 9.12. The average Bonchev–Trinajstić information content (AvgIpc) is 3.05. The molecule has 0 bridgehead atoms. The predicted molar refractivity (Wildman–Crippen MR) is 207 cm³/mol. The van der Waals surface area contributed by atoms with E-state index in [0.29, 0.717) is 25.0 Å². The number of pyridine rings is 2. The van der Waals surface area contributed by atoms with Crippen molar-refractivity contribution in [2.75, 3.05) is 13.2 Å². The highest BCUT2D eigenvalue weighted by Crippen LogP contribution is 2.32. The van der Waals surface area contributed by atoms with Crippen molar-refractivity contribution in [3.8, 4) is 11.8 Å². The normalized spacial score (nSPS) is 11.5. The molecule has 0 aliphatic heterocycles. The second-order valence-corrected chi connectivity index (χ2v) is 15.2. The Morgan fingerprint density at radius 3 is 0.891 bits per heavy atom. The maximum atomic E-state index is 6.05. The van der Waals surface area contributed by atoms with Gasteiger partial charge in [-0.15, -0.1) is 0 Å². The topological polar surface area (TPSA) is 44.2 Å². The summed E-state index contributed by atoms with van der Waals surface area (Å²) in [5.74, 6) is 1.29. The maximum absolute atomic E-state index is 6.05. The zero-order valence-electron chi connectivity index (χ0n) is 29.8. The predicted octanol–water partition coefficient (Wildman–Crippen LogP) is 14.9. The van der Waals surface area contributed by atoms with Crippen LogP contribution in [0.3, 0.4) is 0 Å². The van der Waals surface area contributed by atoms with E-state index in [4.69, 9.17) is 19.4 Å². The summed E-state index contributed by atoms with van der Waals surface area (Å²) in [7, 11) is 0. The molecule has 0 saturated carbocycles. The van der Waals surface area contributed by atoms with E-state index < -0.39 is 0 Å². The molecule has 0 saturated heterocycles. The summed E-state index contributed by atoms with van der Waals surface area (Å²) < 4.78 is 13.8. The van der Waals surface area contributed by atoms with Gasteiger partial charge in [0.25, 0.3) is 0 Å². The summed E-state index contributed by atoms with van der Waals surface area (Å²) in [6, 6.07) is 3.99. The number of nitrogens with zero attached hydrogens (tertiary/aromatic N) is 2. The van der Waals surface area contributed by atoms with E-state index in [0.717, 1.165) is 32.8 Å². The molecule has 0 unspecified atom stereocenters. The van der Waals surface area contributed by atoms with Crippen molar-refractivity contribution in [1.29, 1.82) is 0 Å². The lowest BCUT2D eigenvalue weighted by molar-refractivity contribution is 0.290. The molecule has 2 aromatic heterocycles. The van der Waals surface area contributed by atoms with Crippen molar-refractivity contribution in [3.05, 3.63) is 21.1 Å². The number of ether oxygens (including phenoxy) is 2. The first-order valence-corrected chi connectivity index (χ1v) is 21.2. The molecule has 0 fully saturated rings. The van der Waals surface area contributed by atoms with Gasteiger partial charge in [0.2, 0.25) is 11.8 Å². The zero-order chi connectivity index (χ0) is 32.9. The van der Waals surface area contributed by atoms with Crippen molar-refractivity contribution < 1.29 is 9.47 Å². The minimum Gasteiger partial charge on any atom is -0.477 e. The molecule has 6 heteroatoms. The van der Waals surface area contributed by atoms with Crippen LogP contribution in [0.15, 0.2) is 21.1 Å². The van der Waals surface area contributed by atoms with Crippen LogP contribution in [-0.4, -0.2) is 23.2 Å². The molecule has 0 spiro atoms. The van der Waals surface area contributed by atoms with Crippen molar-refractivity contribution in [3.63, 3.8) is 0 Å². The summed E-state index contributed by atoms with van der Waals surface area (Å²) in [5.41, 5.74) is 1.63. The van der Waals surface area contributed by atoms with E-state index in [1.165, 1.54) is 167 Å². The molecule has 2 rings (SSSR count). The van der Waals surface area contributed by atoms with Crippen molar-refractivity contribution in [1.82, 2.24) is 9.97 Å². The van der Waals surface area contributed by atoms with Crippen LogP contribution in [-0.2, 0) is 0 Å². The number of hydrogen-bond acceptors (Lipinski definition) is 4. The van der Waals surface area contributed by atoms with E-state index in [1.807, 2.05) is 12.1 Å². The van der Waals surface area contributed by atoms with Crippen LogP contribution in [0, 0.1) is 0 Å². The van der Waals surface area contributed by atoms with Gasteiger partial charge in [-0.1, -0.05) is 181 Å². The first-order chi connectivity index (χ1) is 22.7. The van der Waals surface area contributed by atoms with Crippen molar-refractivity contribution >= 4 is 42.9 Å². The quantitative estimate of drug-likeness (QED) is 0.0696. The second kappa shape index (κ2) is 29.1. The van der Waals surface area contributed by atoms with E-state index >= 15 is 0 Å². The number of fused-ring (bicyclic) bond motifs is 1. The molecule has 0 aromatic carbocycles. The summed E-state index contributed by atoms with van der Waals surface area (Å²) in [4.78, 5) is 9.48. The van der Waals surface area contributed by atoms with Gasteiger partial charge < -0.3 is 9.47 Å². The lowest BCUT2D eigenvalue weighted by Gasteiger charge is -2.11. The Hall–Kier alpha value is -0.880. The Balaban J connectivity index is 1.51. The van der Waals surface area contributed by atoms with E-state index in [-0.39, 0.29) is 0 Å². The van der Waals surface area contributed by atoms with Gasteiger partial charge >= 0.3 is 0 Å². The molecule has 0 amide bonds. The highest BCUT2D eigenvalue weighted by molar-refractivity contribution is 9.11. The zero-order valence-corrected chi connectivity index (χ0v) is 33.0.